The highest BCUT2D eigenvalue weighted by Crippen LogP contribution is 2.30. The Bertz CT molecular complexity index is 534. The highest BCUT2D eigenvalue weighted by atomic mass is 16.5. The molecule has 0 spiro atoms. The van der Waals surface area contributed by atoms with Gasteiger partial charge in [0.15, 0.2) is 0 Å². The number of hydrogen-bond acceptors (Lipinski definition) is 3. The molecule has 2 aromatic rings. The predicted molar refractivity (Wildman–Crippen MR) is 75.2 cm³/mol. The van der Waals surface area contributed by atoms with Crippen LogP contribution in [0.2, 0.25) is 0 Å². The smallest absolute Gasteiger partial charge is 0.128 e. The molecule has 1 atom stereocenters. The minimum absolute atomic E-state index is 0.0310. The second kappa shape index (κ2) is 5.89. The highest BCUT2D eigenvalue weighted by Gasteiger charge is 2.19. The molecule has 4 nitrogen and oxygen atoms in total. The van der Waals surface area contributed by atoms with Crippen LogP contribution in [0.3, 0.4) is 0 Å². The summed E-state index contributed by atoms with van der Waals surface area (Å²) in [6.45, 7) is 4.24. The van der Waals surface area contributed by atoms with Gasteiger partial charge in [-0.05, 0) is 18.1 Å². The summed E-state index contributed by atoms with van der Waals surface area (Å²) in [6.07, 6.45) is 1.79. The molecule has 0 radical (unpaired) electrons. The average Bonchev–Trinajstić information content (AvgIpc) is 2.88. The number of methoxy groups -OCH3 is 1. The maximum atomic E-state index is 9.45. The normalized spacial score (nSPS) is 12.7. The van der Waals surface area contributed by atoms with Crippen LogP contribution in [-0.4, -0.2) is 28.8 Å². The van der Waals surface area contributed by atoms with Crippen LogP contribution in [0.1, 0.15) is 25.6 Å². The number of ether oxygens (including phenoxy) is 1. The van der Waals surface area contributed by atoms with Gasteiger partial charge in [-0.15, -0.1) is 0 Å². The van der Waals surface area contributed by atoms with Gasteiger partial charge in [-0.3, -0.25) is 0 Å². The van der Waals surface area contributed by atoms with E-state index in [4.69, 9.17) is 4.74 Å². The first-order valence-corrected chi connectivity index (χ1v) is 6.46. The van der Waals surface area contributed by atoms with Gasteiger partial charge >= 0.3 is 0 Å². The fraction of sp³-hybridized carbons (Fsp3) is 0.400. The summed E-state index contributed by atoms with van der Waals surface area (Å²) in [5.74, 6) is 1.99. The molecule has 0 amide bonds. The van der Waals surface area contributed by atoms with E-state index in [-0.39, 0.29) is 12.5 Å². The molecule has 0 bridgehead atoms. The molecule has 19 heavy (non-hydrogen) atoms. The van der Waals surface area contributed by atoms with Crippen LogP contribution < -0.4 is 4.74 Å². The summed E-state index contributed by atoms with van der Waals surface area (Å²) < 4.78 is 5.35. The fourth-order valence-electron chi connectivity index (χ4n) is 2.14. The Hall–Kier alpha value is -1.81. The number of nitrogens with zero attached hydrogens (tertiary/aromatic N) is 1. The fourth-order valence-corrected chi connectivity index (χ4v) is 2.14. The van der Waals surface area contributed by atoms with E-state index in [1.54, 1.807) is 13.3 Å². The van der Waals surface area contributed by atoms with E-state index in [0.29, 0.717) is 5.92 Å². The molecule has 0 saturated carbocycles. The quantitative estimate of drug-likeness (QED) is 0.869. The molecule has 0 saturated heterocycles. The molecular formula is C15H20N2O2. The molecule has 0 aliphatic rings. The molecule has 1 unspecified atom stereocenters. The molecule has 0 aliphatic carbocycles. The van der Waals surface area contributed by atoms with Crippen molar-refractivity contribution in [3.63, 3.8) is 0 Å². The van der Waals surface area contributed by atoms with Crippen molar-refractivity contribution in [1.29, 1.82) is 0 Å². The lowest BCUT2D eigenvalue weighted by molar-refractivity contribution is 0.232. The van der Waals surface area contributed by atoms with Gasteiger partial charge in [0.25, 0.3) is 0 Å². The molecule has 1 aromatic heterocycles. The van der Waals surface area contributed by atoms with Crippen molar-refractivity contribution >= 4 is 0 Å². The zero-order chi connectivity index (χ0) is 13.8. The number of aliphatic hydroxyl groups is 1. The molecule has 0 aliphatic heterocycles. The average molecular weight is 260 g/mol. The first kappa shape index (κ1) is 13.6. The Balaban J connectivity index is 2.35. The Morgan fingerprint density at radius 3 is 2.68 bits per heavy atom. The van der Waals surface area contributed by atoms with E-state index >= 15 is 0 Å². The minimum atomic E-state index is 0.0310. The van der Waals surface area contributed by atoms with E-state index in [9.17, 15) is 5.11 Å². The van der Waals surface area contributed by atoms with Gasteiger partial charge in [0.1, 0.15) is 11.6 Å². The van der Waals surface area contributed by atoms with Crippen molar-refractivity contribution in [2.24, 2.45) is 5.92 Å². The predicted octanol–water partition coefficient (Wildman–Crippen LogP) is 2.82. The number of hydrogen-bond donors (Lipinski definition) is 2. The third-order valence-corrected chi connectivity index (χ3v) is 3.35. The Labute approximate surface area is 113 Å². The van der Waals surface area contributed by atoms with Gasteiger partial charge in [-0.1, -0.05) is 26.0 Å². The molecule has 2 rings (SSSR count). The maximum absolute atomic E-state index is 9.45. The topological polar surface area (TPSA) is 58.1 Å². The number of aromatic amines is 1. The zero-order valence-electron chi connectivity index (χ0n) is 11.6. The Kier molecular flexibility index (Phi) is 4.22. The van der Waals surface area contributed by atoms with E-state index < -0.39 is 0 Å². The summed E-state index contributed by atoms with van der Waals surface area (Å²) in [5, 5.41) is 9.45. The molecule has 1 aromatic carbocycles. The summed E-state index contributed by atoms with van der Waals surface area (Å²) in [6, 6.07) is 7.80. The second-order valence-corrected chi connectivity index (χ2v) is 4.92. The highest BCUT2D eigenvalue weighted by molar-refractivity contribution is 5.66. The number of rotatable bonds is 5. The number of nitrogens with one attached hydrogen (secondary N) is 1. The third kappa shape index (κ3) is 2.79. The first-order valence-electron chi connectivity index (χ1n) is 6.46. The number of H-pyrrole nitrogens is 1. The number of aliphatic hydroxyl groups excluding tert-OH is 1. The largest absolute Gasteiger partial charge is 0.496 e. The van der Waals surface area contributed by atoms with Crippen LogP contribution in [-0.2, 0) is 0 Å². The lowest BCUT2D eigenvalue weighted by Gasteiger charge is -2.15. The molecule has 4 heteroatoms. The van der Waals surface area contributed by atoms with E-state index in [2.05, 4.69) is 23.8 Å². The number of benzene rings is 1. The monoisotopic (exact) mass is 260 g/mol. The number of aromatic nitrogens is 2. The van der Waals surface area contributed by atoms with Crippen LogP contribution in [0.25, 0.3) is 11.3 Å². The van der Waals surface area contributed by atoms with Gasteiger partial charge in [0.05, 0.1) is 25.6 Å². The van der Waals surface area contributed by atoms with Gasteiger partial charge in [-0.25, -0.2) is 4.98 Å². The number of para-hydroxylation sites is 1. The Morgan fingerprint density at radius 1 is 1.32 bits per heavy atom. The van der Waals surface area contributed by atoms with Crippen LogP contribution in [0, 0.1) is 5.92 Å². The van der Waals surface area contributed by atoms with Crippen molar-refractivity contribution in [2.75, 3.05) is 13.7 Å². The molecule has 102 valence electrons. The molecular weight excluding hydrogens is 240 g/mol. The summed E-state index contributed by atoms with van der Waals surface area (Å²) >= 11 is 0. The first-order chi connectivity index (χ1) is 9.17. The SMILES string of the molecule is COc1ccccc1-c1cnc(C(CO)C(C)C)[nH]1. The van der Waals surface area contributed by atoms with Gasteiger partial charge in [-0.2, -0.15) is 0 Å². The van der Waals surface area contributed by atoms with Crippen molar-refractivity contribution in [1.82, 2.24) is 9.97 Å². The maximum Gasteiger partial charge on any atom is 0.128 e. The summed E-state index contributed by atoms with van der Waals surface area (Å²) in [4.78, 5) is 7.67. The van der Waals surface area contributed by atoms with Gasteiger partial charge in [0.2, 0.25) is 0 Å². The van der Waals surface area contributed by atoms with E-state index in [1.165, 1.54) is 0 Å². The van der Waals surface area contributed by atoms with Crippen LogP contribution >= 0.6 is 0 Å². The third-order valence-electron chi connectivity index (χ3n) is 3.35. The Morgan fingerprint density at radius 2 is 2.05 bits per heavy atom. The minimum Gasteiger partial charge on any atom is -0.496 e. The van der Waals surface area contributed by atoms with Crippen molar-refractivity contribution < 1.29 is 9.84 Å². The van der Waals surface area contributed by atoms with Gasteiger partial charge < -0.3 is 14.8 Å². The van der Waals surface area contributed by atoms with Crippen LogP contribution in [0.5, 0.6) is 5.75 Å². The summed E-state index contributed by atoms with van der Waals surface area (Å²) in [7, 11) is 1.65. The van der Waals surface area contributed by atoms with Crippen LogP contribution in [0.4, 0.5) is 0 Å². The lowest BCUT2D eigenvalue weighted by Crippen LogP contribution is -2.12. The number of imidazole rings is 1. The van der Waals surface area contributed by atoms with Crippen molar-refractivity contribution in [3.8, 4) is 17.0 Å². The van der Waals surface area contributed by atoms with E-state index in [1.807, 2.05) is 24.3 Å². The second-order valence-electron chi connectivity index (χ2n) is 4.92. The van der Waals surface area contributed by atoms with Crippen LogP contribution in [0.15, 0.2) is 30.5 Å². The summed E-state index contributed by atoms with van der Waals surface area (Å²) in [5.41, 5.74) is 1.88. The molecule has 2 N–H and O–H groups in total. The standard InChI is InChI=1S/C15H20N2O2/c1-10(2)12(9-18)15-16-8-13(17-15)11-6-4-5-7-14(11)19-3/h4-8,10,12,18H,9H2,1-3H3,(H,16,17). The van der Waals surface area contributed by atoms with Crippen molar-refractivity contribution in [3.05, 3.63) is 36.3 Å². The van der Waals surface area contributed by atoms with Crippen molar-refractivity contribution in [2.45, 2.75) is 19.8 Å². The molecule has 0 fully saturated rings. The zero-order valence-corrected chi connectivity index (χ0v) is 11.6. The lowest BCUT2D eigenvalue weighted by atomic mass is 9.96. The molecule has 1 heterocycles. The van der Waals surface area contributed by atoms with Gasteiger partial charge in [0, 0.05) is 11.5 Å². The van der Waals surface area contributed by atoms with E-state index in [0.717, 1.165) is 22.8 Å².